The van der Waals surface area contributed by atoms with Crippen molar-refractivity contribution in [2.24, 2.45) is 5.41 Å². The normalized spacial score (nSPS) is 13.5. The molecule has 0 heterocycles. The summed E-state index contributed by atoms with van der Waals surface area (Å²) in [5.41, 5.74) is 2.24. The van der Waals surface area contributed by atoms with Crippen LogP contribution in [0.3, 0.4) is 0 Å². The fourth-order valence-corrected chi connectivity index (χ4v) is 3.08. The maximum absolute atomic E-state index is 10.8. The SMILES string of the molecule is CC(C)(CO)COC(O)CCc1cc(C(C)(C)C)c(O)c(C(C)(C)C)c1.CCCCC. The Hall–Kier alpha value is -1.10. The summed E-state index contributed by atoms with van der Waals surface area (Å²) in [6, 6.07) is 4.07. The summed E-state index contributed by atoms with van der Waals surface area (Å²) in [5, 5.41) is 30.2. The first-order chi connectivity index (χ1) is 14.1. The molecule has 1 atom stereocenters. The number of hydrogen-bond acceptors (Lipinski definition) is 4. The van der Waals surface area contributed by atoms with Gasteiger partial charge in [-0.15, -0.1) is 0 Å². The predicted octanol–water partition coefficient (Wildman–Crippen LogP) is 6.47. The number of aliphatic hydroxyl groups is 2. The summed E-state index contributed by atoms with van der Waals surface area (Å²) >= 11 is 0. The zero-order chi connectivity index (χ0) is 24.5. The fourth-order valence-electron chi connectivity index (χ4n) is 3.08. The van der Waals surface area contributed by atoms with Crippen molar-refractivity contribution in [1.29, 1.82) is 0 Å². The minimum absolute atomic E-state index is 0.0154. The van der Waals surface area contributed by atoms with Gasteiger partial charge in [-0.2, -0.15) is 0 Å². The van der Waals surface area contributed by atoms with Crippen molar-refractivity contribution < 1.29 is 20.1 Å². The van der Waals surface area contributed by atoms with E-state index in [2.05, 4.69) is 55.4 Å². The number of ether oxygens (including phenoxy) is 1. The topological polar surface area (TPSA) is 69.9 Å². The third-order valence-electron chi connectivity index (χ3n) is 5.27. The number of hydrogen-bond donors (Lipinski definition) is 3. The lowest BCUT2D eigenvalue weighted by Crippen LogP contribution is -2.27. The lowest BCUT2D eigenvalue weighted by Gasteiger charge is -2.28. The number of rotatable bonds is 9. The molecule has 31 heavy (non-hydrogen) atoms. The van der Waals surface area contributed by atoms with Gasteiger partial charge in [0.05, 0.1) is 13.2 Å². The van der Waals surface area contributed by atoms with E-state index in [0.717, 1.165) is 16.7 Å². The Bertz CT molecular complexity index is 599. The molecule has 0 spiro atoms. The van der Waals surface area contributed by atoms with Crippen molar-refractivity contribution in [3.05, 3.63) is 28.8 Å². The average Bonchev–Trinajstić information content (AvgIpc) is 2.65. The van der Waals surface area contributed by atoms with Crippen molar-refractivity contribution in [1.82, 2.24) is 0 Å². The van der Waals surface area contributed by atoms with Crippen molar-refractivity contribution in [3.63, 3.8) is 0 Å². The van der Waals surface area contributed by atoms with Crippen molar-refractivity contribution in [3.8, 4) is 5.75 Å². The number of phenolic OH excluding ortho intramolecular Hbond substituents is 1. The molecule has 0 aliphatic rings. The summed E-state index contributed by atoms with van der Waals surface area (Å²) in [4.78, 5) is 0. The first kappa shape index (κ1) is 29.9. The van der Waals surface area contributed by atoms with Crippen LogP contribution in [0.2, 0.25) is 0 Å². The average molecular weight is 439 g/mol. The Morgan fingerprint density at radius 2 is 1.32 bits per heavy atom. The molecule has 182 valence electrons. The molecule has 1 aromatic carbocycles. The van der Waals surface area contributed by atoms with Gasteiger partial charge < -0.3 is 20.1 Å². The Labute approximate surface area is 192 Å². The molecular weight excluding hydrogens is 388 g/mol. The highest BCUT2D eigenvalue weighted by Crippen LogP contribution is 2.40. The van der Waals surface area contributed by atoms with Gasteiger partial charge in [-0.25, -0.2) is 0 Å². The minimum Gasteiger partial charge on any atom is -0.507 e. The van der Waals surface area contributed by atoms with Gasteiger partial charge in [-0.3, -0.25) is 0 Å². The van der Waals surface area contributed by atoms with Gasteiger partial charge in [0.15, 0.2) is 6.29 Å². The van der Waals surface area contributed by atoms with Crippen LogP contribution in [0.1, 0.15) is 112 Å². The molecule has 3 N–H and O–H groups in total. The Morgan fingerprint density at radius 3 is 1.65 bits per heavy atom. The smallest absolute Gasteiger partial charge is 0.154 e. The number of aryl methyl sites for hydroxylation is 1. The van der Waals surface area contributed by atoms with Crippen LogP contribution in [0.4, 0.5) is 0 Å². The molecule has 0 bridgehead atoms. The van der Waals surface area contributed by atoms with Gasteiger partial charge in [0.1, 0.15) is 5.75 Å². The highest BCUT2D eigenvalue weighted by molar-refractivity contribution is 5.49. The summed E-state index contributed by atoms with van der Waals surface area (Å²) in [7, 11) is 0. The van der Waals surface area contributed by atoms with E-state index in [1.165, 1.54) is 19.3 Å². The summed E-state index contributed by atoms with van der Waals surface area (Å²) in [6.07, 6.45) is 4.34. The molecule has 0 aliphatic heterocycles. The lowest BCUT2D eigenvalue weighted by atomic mass is 9.78. The number of phenols is 1. The van der Waals surface area contributed by atoms with Crippen LogP contribution in [0, 0.1) is 5.41 Å². The standard InChI is InChI=1S/C22H38O4.C5H12/c1-20(2,3)16-11-15(12-17(19(16)25)21(4,5)6)9-10-18(24)26-14-22(7,8)13-23;1-3-5-4-2/h11-12,18,23-25H,9-10,13-14H2,1-8H3;3-5H2,1-2H3. The molecule has 0 aliphatic carbocycles. The first-order valence-electron chi connectivity index (χ1n) is 11.9. The molecule has 0 saturated heterocycles. The zero-order valence-electron chi connectivity index (χ0n) is 21.9. The third kappa shape index (κ3) is 11.4. The number of aliphatic hydroxyl groups excluding tert-OH is 2. The maximum Gasteiger partial charge on any atom is 0.154 e. The molecule has 0 aromatic heterocycles. The van der Waals surface area contributed by atoms with Crippen LogP contribution < -0.4 is 0 Å². The molecule has 1 rings (SSSR count). The fraction of sp³-hybridized carbons (Fsp3) is 0.778. The van der Waals surface area contributed by atoms with E-state index in [1.54, 1.807) is 0 Å². The molecule has 1 unspecified atom stereocenters. The zero-order valence-corrected chi connectivity index (χ0v) is 21.9. The van der Waals surface area contributed by atoms with Crippen molar-refractivity contribution in [2.45, 2.75) is 118 Å². The second-order valence-corrected chi connectivity index (χ2v) is 11.5. The molecule has 0 amide bonds. The Balaban J connectivity index is 0.00000161. The number of aromatic hydroxyl groups is 1. The molecule has 0 radical (unpaired) electrons. The van der Waals surface area contributed by atoms with Gasteiger partial charge in [0, 0.05) is 11.8 Å². The highest BCUT2D eigenvalue weighted by Gasteiger charge is 2.26. The molecule has 4 nitrogen and oxygen atoms in total. The van der Waals surface area contributed by atoms with E-state index >= 15 is 0 Å². The van der Waals surface area contributed by atoms with Crippen LogP contribution in [0.25, 0.3) is 0 Å². The van der Waals surface area contributed by atoms with E-state index in [4.69, 9.17) is 4.74 Å². The maximum atomic E-state index is 10.8. The highest BCUT2D eigenvalue weighted by atomic mass is 16.6. The van der Waals surface area contributed by atoms with Crippen LogP contribution in [0.15, 0.2) is 12.1 Å². The van der Waals surface area contributed by atoms with Crippen molar-refractivity contribution in [2.75, 3.05) is 13.2 Å². The van der Waals surface area contributed by atoms with Crippen molar-refractivity contribution >= 4 is 0 Å². The van der Waals surface area contributed by atoms with E-state index in [0.29, 0.717) is 25.2 Å². The monoisotopic (exact) mass is 438 g/mol. The third-order valence-corrected chi connectivity index (χ3v) is 5.27. The molecule has 0 fully saturated rings. The van der Waals surface area contributed by atoms with Crippen LogP contribution in [-0.4, -0.2) is 34.8 Å². The van der Waals surface area contributed by atoms with Gasteiger partial charge in [0.25, 0.3) is 0 Å². The summed E-state index contributed by atoms with van der Waals surface area (Å²) in [5.74, 6) is 0.371. The molecule has 0 saturated carbocycles. The van der Waals surface area contributed by atoms with Crippen LogP contribution >= 0.6 is 0 Å². The van der Waals surface area contributed by atoms with E-state index in [-0.39, 0.29) is 22.9 Å². The predicted molar refractivity (Wildman–Crippen MR) is 132 cm³/mol. The van der Waals surface area contributed by atoms with E-state index in [1.807, 2.05) is 26.0 Å². The van der Waals surface area contributed by atoms with Crippen LogP contribution in [-0.2, 0) is 22.0 Å². The second kappa shape index (κ2) is 12.8. The minimum atomic E-state index is -0.870. The number of unbranched alkanes of at least 4 members (excludes halogenated alkanes) is 2. The molecular formula is C27H50O4. The van der Waals surface area contributed by atoms with Gasteiger partial charge in [-0.1, -0.05) is 101 Å². The second-order valence-electron chi connectivity index (χ2n) is 11.5. The summed E-state index contributed by atoms with van der Waals surface area (Å²) in [6.45, 7) is 21.1. The van der Waals surface area contributed by atoms with Gasteiger partial charge in [-0.05, 0) is 33.9 Å². The lowest BCUT2D eigenvalue weighted by molar-refractivity contribution is -0.129. The molecule has 4 heteroatoms. The Kier molecular flexibility index (Phi) is 12.4. The Morgan fingerprint density at radius 1 is 0.871 bits per heavy atom. The first-order valence-corrected chi connectivity index (χ1v) is 11.9. The number of benzene rings is 1. The molecule has 1 aromatic rings. The van der Waals surface area contributed by atoms with Gasteiger partial charge >= 0.3 is 0 Å². The van der Waals surface area contributed by atoms with Gasteiger partial charge in [0.2, 0.25) is 0 Å². The largest absolute Gasteiger partial charge is 0.507 e. The van der Waals surface area contributed by atoms with E-state index in [9.17, 15) is 15.3 Å². The van der Waals surface area contributed by atoms with E-state index < -0.39 is 6.29 Å². The summed E-state index contributed by atoms with van der Waals surface area (Å²) < 4.78 is 5.48. The quantitative estimate of drug-likeness (QED) is 0.386. The van der Waals surface area contributed by atoms with Crippen LogP contribution in [0.5, 0.6) is 5.75 Å².